The molecule has 0 bridgehead atoms. The number of piperidine rings is 1. The average Bonchev–Trinajstić information content (AvgIpc) is 2.65. The molecule has 1 saturated heterocycles. The molecule has 2 aromatic rings. The third kappa shape index (κ3) is 3.90. The summed E-state index contributed by atoms with van der Waals surface area (Å²) in [5.74, 6) is -0.849. The molecule has 0 saturated carbocycles. The van der Waals surface area contributed by atoms with Gasteiger partial charge < -0.3 is 5.11 Å². The molecule has 0 radical (unpaired) electrons. The van der Waals surface area contributed by atoms with E-state index in [0.717, 1.165) is 10.8 Å². The van der Waals surface area contributed by atoms with Crippen molar-refractivity contribution in [3.63, 3.8) is 0 Å². The summed E-state index contributed by atoms with van der Waals surface area (Å²) >= 11 is 0. The molecule has 0 spiro atoms. The number of aliphatic carboxylic acids is 1. The van der Waals surface area contributed by atoms with Crippen LogP contribution in [0.25, 0.3) is 10.8 Å². The van der Waals surface area contributed by atoms with E-state index in [2.05, 4.69) is 0 Å². The summed E-state index contributed by atoms with van der Waals surface area (Å²) in [5.41, 5.74) is 0. The van der Waals surface area contributed by atoms with Gasteiger partial charge in [-0.15, -0.1) is 0 Å². The highest BCUT2D eigenvalue weighted by Gasteiger charge is 2.31. The Balaban J connectivity index is 1.73. The Kier molecular flexibility index (Phi) is 5.60. The summed E-state index contributed by atoms with van der Waals surface area (Å²) in [7, 11) is -3.53. The number of nitrogens with zero attached hydrogens (tertiary/aromatic N) is 2. The van der Waals surface area contributed by atoms with Crippen LogP contribution in [0.1, 0.15) is 19.8 Å². The molecule has 1 heterocycles. The predicted octanol–water partition coefficient (Wildman–Crippen LogP) is 2.40. The monoisotopic (exact) mass is 376 g/mol. The molecule has 1 N–H and O–H groups in total. The lowest BCUT2D eigenvalue weighted by Crippen LogP contribution is -2.48. The maximum absolute atomic E-state index is 13.0. The minimum atomic E-state index is -3.53. The lowest BCUT2D eigenvalue weighted by molar-refractivity contribution is -0.139. The summed E-state index contributed by atoms with van der Waals surface area (Å²) in [6.07, 6.45) is 1.29. The lowest BCUT2D eigenvalue weighted by atomic mass is 10.0. The molecule has 3 rings (SSSR count). The van der Waals surface area contributed by atoms with Gasteiger partial charge in [0.1, 0.15) is 0 Å². The van der Waals surface area contributed by atoms with Crippen molar-refractivity contribution in [1.82, 2.24) is 9.21 Å². The topological polar surface area (TPSA) is 77.9 Å². The first-order valence-corrected chi connectivity index (χ1v) is 10.3. The van der Waals surface area contributed by atoms with E-state index in [9.17, 15) is 13.2 Å². The molecule has 6 nitrogen and oxygen atoms in total. The Labute approximate surface area is 154 Å². The lowest BCUT2D eigenvalue weighted by Gasteiger charge is -2.36. The Hall–Kier alpha value is -1.96. The van der Waals surface area contributed by atoms with Crippen molar-refractivity contribution in [2.45, 2.75) is 30.7 Å². The van der Waals surface area contributed by atoms with Crippen LogP contribution in [0.15, 0.2) is 47.4 Å². The number of carboxylic acid groups (broad SMARTS) is 1. The van der Waals surface area contributed by atoms with E-state index in [1.165, 1.54) is 4.31 Å². The summed E-state index contributed by atoms with van der Waals surface area (Å²) in [4.78, 5) is 13.2. The van der Waals surface area contributed by atoms with Gasteiger partial charge in [0, 0.05) is 19.1 Å². The zero-order valence-electron chi connectivity index (χ0n) is 14.8. The molecule has 1 fully saturated rings. The van der Waals surface area contributed by atoms with Crippen molar-refractivity contribution in [2.75, 3.05) is 26.2 Å². The van der Waals surface area contributed by atoms with Gasteiger partial charge in [-0.05, 0) is 42.3 Å². The molecule has 7 heteroatoms. The van der Waals surface area contributed by atoms with Gasteiger partial charge in [-0.25, -0.2) is 8.42 Å². The van der Waals surface area contributed by atoms with Crippen molar-refractivity contribution < 1.29 is 18.3 Å². The van der Waals surface area contributed by atoms with Crippen LogP contribution >= 0.6 is 0 Å². The number of carbonyl (C=O) groups is 1. The average molecular weight is 376 g/mol. The molecule has 0 amide bonds. The highest BCUT2D eigenvalue weighted by molar-refractivity contribution is 7.89. The minimum Gasteiger partial charge on any atom is -0.480 e. The fraction of sp³-hybridized carbons (Fsp3) is 0.421. The van der Waals surface area contributed by atoms with Crippen molar-refractivity contribution in [1.29, 1.82) is 0 Å². The van der Waals surface area contributed by atoms with Crippen LogP contribution < -0.4 is 0 Å². The number of sulfonamides is 1. The second kappa shape index (κ2) is 7.73. The van der Waals surface area contributed by atoms with Crippen LogP contribution in [0.3, 0.4) is 0 Å². The molecule has 0 atom stereocenters. The molecular weight excluding hydrogens is 352 g/mol. The largest absolute Gasteiger partial charge is 0.480 e. The highest BCUT2D eigenvalue weighted by Crippen LogP contribution is 2.25. The van der Waals surface area contributed by atoms with Crippen LogP contribution in [0.5, 0.6) is 0 Å². The van der Waals surface area contributed by atoms with Crippen LogP contribution in [-0.2, 0) is 14.8 Å². The Morgan fingerprint density at radius 2 is 1.81 bits per heavy atom. The molecule has 1 aliphatic heterocycles. The van der Waals surface area contributed by atoms with Gasteiger partial charge in [-0.2, -0.15) is 4.31 Å². The number of carboxylic acids is 1. The number of fused-ring (bicyclic) bond motifs is 1. The number of rotatable bonds is 6. The van der Waals surface area contributed by atoms with Crippen molar-refractivity contribution in [2.24, 2.45) is 0 Å². The van der Waals surface area contributed by atoms with Crippen molar-refractivity contribution in [3.8, 4) is 0 Å². The molecule has 1 aliphatic rings. The van der Waals surface area contributed by atoms with Gasteiger partial charge in [0.15, 0.2) is 0 Å². The van der Waals surface area contributed by atoms with Crippen LogP contribution in [-0.4, -0.2) is 60.9 Å². The third-order valence-electron chi connectivity index (χ3n) is 5.04. The molecule has 0 unspecified atom stereocenters. The molecule has 2 aromatic carbocycles. The first-order chi connectivity index (χ1) is 12.4. The molecule has 0 aromatic heterocycles. The number of hydrogen-bond acceptors (Lipinski definition) is 4. The first kappa shape index (κ1) is 18.8. The zero-order valence-corrected chi connectivity index (χ0v) is 15.7. The minimum absolute atomic E-state index is 0.00140. The van der Waals surface area contributed by atoms with E-state index in [0.29, 0.717) is 37.4 Å². The van der Waals surface area contributed by atoms with E-state index < -0.39 is 16.0 Å². The van der Waals surface area contributed by atoms with Crippen molar-refractivity contribution in [3.05, 3.63) is 42.5 Å². The predicted molar refractivity (Wildman–Crippen MR) is 101 cm³/mol. The number of hydrogen-bond donors (Lipinski definition) is 1. The summed E-state index contributed by atoms with van der Waals surface area (Å²) in [6, 6.07) is 13.0. The second-order valence-electron chi connectivity index (χ2n) is 6.60. The standard InChI is InChI=1S/C19H24N2O4S/c1-2-20(14-19(22)23)17-9-11-21(12-10-17)26(24,25)18-8-7-15-5-3-4-6-16(15)13-18/h3-8,13,17H,2,9-12,14H2,1H3,(H,22,23). The van der Waals surface area contributed by atoms with E-state index in [-0.39, 0.29) is 12.6 Å². The van der Waals surface area contributed by atoms with E-state index in [1.807, 2.05) is 42.2 Å². The van der Waals surface area contributed by atoms with Crippen LogP contribution in [0, 0.1) is 0 Å². The SMILES string of the molecule is CCN(CC(=O)O)C1CCN(S(=O)(=O)c2ccc3ccccc3c2)CC1. The van der Waals surface area contributed by atoms with Gasteiger partial charge >= 0.3 is 5.97 Å². The Morgan fingerprint density at radius 3 is 2.42 bits per heavy atom. The summed E-state index contributed by atoms with van der Waals surface area (Å²) < 4.78 is 27.5. The number of benzene rings is 2. The van der Waals surface area contributed by atoms with E-state index in [4.69, 9.17) is 5.11 Å². The van der Waals surface area contributed by atoms with Gasteiger partial charge in [0.25, 0.3) is 0 Å². The maximum atomic E-state index is 13.0. The quantitative estimate of drug-likeness (QED) is 0.838. The van der Waals surface area contributed by atoms with Crippen LogP contribution in [0.2, 0.25) is 0 Å². The second-order valence-corrected chi connectivity index (χ2v) is 8.54. The van der Waals surface area contributed by atoms with Crippen molar-refractivity contribution >= 4 is 26.8 Å². The first-order valence-electron chi connectivity index (χ1n) is 8.86. The number of likely N-dealkylation sites (N-methyl/N-ethyl adjacent to an activating group) is 1. The third-order valence-corrected chi connectivity index (χ3v) is 6.94. The summed E-state index contributed by atoms with van der Waals surface area (Å²) in [6.45, 7) is 3.40. The smallest absolute Gasteiger partial charge is 0.317 e. The van der Waals surface area contributed by atoms with Gasteiger partial charge in [0.2, 0.25) is 10.0 Å². The van der Waals surface area contributed by atoms with E-state index >= 15 is 0 Å². The molecule has 140 valence electrons. The molecule has 26 heavy (non-hydrogen) atoms. The van der Waals surface area contributed by atoms with E-state index in [1.54, 1.807) is 12.1 Å². The maximum Gasteiger partial charge on any atom is 0.317 e. The molecule has 0 aliphatic carbocycles. The van der Waals surface area contributed by atoms with Gasteiger partial charge in [-0.3, -0.25) is 9.69 Å². The normalized spacial score (nSPS) is 17.0. The highest BCUT2D eigenvalue weighted by atomic mass is 32.2. The van der Waals surface area contributed by atoms with Crippen LogP contribution in [0.4, 0.5) is 0 Å². The zero-order chi connectivity index (χ0) is 18.7. The Bertz CT molecular complexity index is 889. The van der Waals surface area contributed by atoms with Gasteiger partial charge in [-0.1, -0.05) is 37.3 Å². The summed E-state index contributed by atoms with van der Waals surface area (Å²) in [5, 5.41) is 10.9. The fourth-order valence-electron chi connectivity index (χ4n) is 3.60. The fourth-order valence-corrected chi connectivity index (χ4v) is 5.10. The molecular formula is C19H24N2O4S. The van der Waals surface area contributed by atoms with Gasteiger partial charge in [0.05, 0.1) is 11.4 Å². The Morgan fingerprint density at radius 1 is 1.15 bits per heavy atom.